The van der Waals surface area contributed by atoms with Gasteiger partial charge < -0.3 is 9.64 Å². The predicted molar refractivity (Wildman–Crippen MR) is 78.9 cm³/mol. The van der Waals surface area contributed by atoms with Crippen LogP contribution in [0.3, 0.4) is 0 Å². The minimum absolute atomic E-state index is 0.0463. The highest BCUT2D eigenvalue weighted by Crippen LogP contribution is 2.27. The van der Waals surface area contributed by atoms with Gasteiger partial charge in [-0.1, -0.05) is 0 Å². The van der Waals surface area contributed by atoms with Crippen LogP contribution in [0.15, 0.2) is 21.5 Å². The van der Waals surface area contributed by atoms with Crippen molar-refractivity contribution >= 4 is 31.9 Å². The van der Waals surface area contributed by atoms with Crippen molar-refractivity contribution in [3.05, 3.63) is 28.0 Å². The van der Waals surface area contributed by atoms with E-state index in [0.717, 1.165) is 12.1 Å². The Balaban J connectivity index is 3.13. The second-order valence-corrected chi connectivity index (χ2v) is 6.71. The molecule has 0 radical (unpaired) electrons. The smallest absolute Gasteiger partial charge is 0.254 e. The molecule has 0 unspecified atom stereocenters. The summed E-state index contributed by atoms with van der Waals surface area (Å²) < 4.78 is 41.2. The molecule has 9 heteroatoms. The lowest BCUT2D eigenvalue weighted by Gasteiger charge is -2.18. The molecule has 0 saturated carbocycles. The summed E-state index contributed by atoms with van der Waals surface area (Å²) >= 11 is 3.00. The maximum absolute atomic E-state index is 13.5. The van der Waals surface area contributed by atoms with Gasteiger partial charge in [0.2, 0.25) is 10.0 Å². The molecule has 1 amide bonds. The lowest BCUT2D eigenvalue weighted by atomic mass is 10.2. The zero-order valence-corrected chi connectivity index (χ0v) is 14.0. The number of hydrogen-bond donors (Lipinski definition) is 1. The molecular weight excluding hydrogens is 367 g/mol. The third-order valence-electron chi connectivity index (χ3n) is 2.73. The fraction of sp³-hybridized carbons (Fsp3) is 0.417. The molecule has 118 valence electrons. The fourth-order valence-electron chi connectivity index (χ4n) is 1.68. The molecule has 1 rings (SSSR count). The number of carbonyl (C=O) groups excluding carboxylic acids is 1. The van der Waals surface area contributed by atoms with E-state index in [1.807, 2.05) is 0 Å². The van der Waals surface area contributed by atoms with Crippen molar-refractivity contribution in [3.63, 3.8) is 0 Å². The second kappa shape index (κ2) is 7.30. The lowest BCUT2D eigenvalue weighted by Crippen LogP contribution is -2.29. The largest absolute Gasteiger partial charge is 0.385 e. The van der Waals surface area contributed by atoms with Gasteiger partial charge in [0.05, 0.1) is 14.9 Å². The zero-order valence-electron chi connectivity index (χ0n) is 11.6. The van der Waals surface area contributed by atoms with Crippen molar-refractivity contribution in [1.82, 2.24) is 4.90 Å². The van der Waals surface area contributed by atoms with E-state index >= 15 is 0 Å². The van der Waals surface area contributed by atoms with Crippen molar-refractivity contribution in [2.75, 3.05) is 27.3 Å². The van der Waals surface area contributed by atoms with Crippen molar-refractivity contribution in [3.8, 4) is 0 Å². The second-order valence-electron chi connectivity index (χ2n) is 4.38. The number of nitrogens with zero attached hydrogens (tertiary/aromatic N) is 1. The summed E-state index contributed by atoms with van der Waals surface area (Å²) in [6, 6.07) is 1.73. The molecule has 0 aliphatic rings. The summed E-state index contributed by atoms with van der Waals surface area (Å²) in [5.41, 5.74) is -0.0982. The highest BCUT2D eigenvalue weighted by atomic mass is 79.9. The minimum Gasteiger partial charge on any atom is -0.385 e. The molecule has 0 atom stereocenters. The monoisotopic (exact) mass is 382 g/mol. The van der Waals surface area contributed by atoms with E-state index in [1.165, 1.54) is 11.9 Å². The van der Waals surface area contributed by atoms with Crippen molar-refractivity contribution in [1.29, 1.82) is 0 Å². The summed E-state index contributed by atoms with van der Waals surface area (Å²) in [6.45, 7) is 0.866. The molecule has 1 aromatic rings. The first-order chi connectivity index (χ1) is 9.68. The van der Waals surface area contributed by atoms with Gasteiger partial charge >= 0.3 is 0 Å². The van der Waals surface area contributed by atoms with Crippen molar-refractivity contribution < 1.29 is 22.3 Å². The maximum atomic E-state index is 13.5. The number of ether oxygens (including phenoxy) is 1. The Hall–Kier alpha value is -1.03. The van der Waals surface area contributed by atoms with E-state index in [9.17, 15) is 17.6 Å². The Kier molecular flexibility index (Phi) is 6.26. The Bertz CT molecular complexity index is 636. The summed E-state index contributed by atoms with van der Waals surface area (Å²) in [7, 11) is -1.06. The van der Waals surface area contributed by atoms with Crippen LogP contribution in [0.5, 0.6) is 0 Å². The van der Waals surface area contributed by atoms with Gasteiger partial charge in [-0.2, -0.15) is 0 Å². The van der Waals surface area contributed by atoms with Crippen LogP contribution in [0.25, 0.3) is 0 Å². The highest BCUT2D eigenvalue weighted by Gasteiger charge is 2.23. The minimum atomic E-state index is -4.14. The number of sulfonamides is 1. The van der Waals surface area contributed by atoms with Crippen LogP contribution in [0.2, 0.25) is 0 Å². The van der Waals surface area contributed by atoms with E-state index < -0.39 is 26.6 Å². The molecule has 1 aromatic carbocycles. The van der Waals surface area contributed by atoms with Crippen LogP contribution >= 0.6 is 15.9 Å². The zero-order chi connectivity index (χ0) is 16.2. The average molecular weight is 383 g/mol. The van der Waals surface area contributed by atoms with Crippen LogP contribution < -0.4 is 5.14 Å². The van der Waals surface area contributed by atoms with Gasteiger partial charge in [-0.05, 0) is 34.5 Å². The third kappa shape index (κ3) is 4.73. The summed E-state index contributed by atoms with van der Waals surface area (Å²) in [5, 5.41) is 5.00. The molecule has 0 heterocycles. The van der Waals surface area contributed by atoms with Gasteiger partial charge in [0.25, 0.3) is 5.91 Å². The first-order valence-electron chi connectivity index (χ1n) is 5.94. The third-order valence-corrected chi connectivity index (χ3v) is 4.78. The van der Waals surface area contributed by atoms with Gasteiger partial charge in [-0.3, -0.25) is 4.79 Å². The van der Waals surface area contributed by atoms with Gasteiger partial charge in [-0.15, -0.1) is 0 Å². The Labute approximate surface area is 131 Å². The number of benzene rings is 1. The van der Waals surface area contributed by atoms with E-state index in [1.54, 1.807) is 7.11 Å². The summed E-state index contributed by atoms with van der Waals surface area (Å²) in [5.74, 6) is -1.36. The molecule has 0 aromatic heterocycles. The Morgan fingerprint density at radius 1 is 1.48 bits per heavy atom. The van der Waals surface area contributed by atoms with E-state index in [2.05, 4.69) is 15.9 Å². The summed E-state index contributed by atoms with van der Waals surface area (Å²) in [6.07, 6.45) is 0.605. The number of nitrogens with two attached hydrogens (primary N) is 1. The van der Waals surface area contributed by atoms with Crippen molar-refractivity contribution in [2.24, 2.45) is 5.14 Å². The van der Waals surface area contributed by atoms with Crippen LogP contribution in [-0.2, 0) is 14.8 Å². The van der Waals surface area contributed by atoms with E-state index in [0.29, 0.717) is 19.6 Å². The topological polar surface area (TPSA) is 89.7 Å². The number of amides is 1. The van der Waals surface area contributed by atoms with Crippen molar-refractivity contribution in [2.45, 2.75) is 11.3 Å². The van der Waals surface area contributed by atoms with Crippen LogP contribution in [0.4, 0.5) is 4.39 Å². The quantitative estimate of drug-likeness (QED) is 0.751. The molecule has 21 heavy (non-hydrogen) atoms. The molecule has 0 saturated heterocycles. The number of primary sulfonamides is 1. The lowest BCUT2D eigenvalue weighted by molar-refractivity contribution is 0.0777. The van der Waals surface area contributed by atoms with Gasteiger partial charge in [-0.25, -0.2) is 17.9 Å². The van der Waals surface area contributed by atoms with Gasteiger partial charge in [0, 0.05) is 27.3 Å². The standard InChI is InChI=1S/C12H16BrFN2O4S/c1-16(4-3-5-20-2)12(17)9-6-8(14)7-10(11(9)13)21(15,18)19/h6-7H,3-5H2,1-2H3,(H2,15,18,19). The number of carbonyl (C=O) groups is 1. The van der Waals surface area contributed by atoms with Crippen LogP contribution in [0, 0.1) is 5.82 Å². The number of halogens is 2. The first kappa shape index (κ1) is 18.0. The fourth-order valence-corrected chi connectivity index (χ4v) is 3.39. The molecule has 0 fully saturated rings. The number of methoxy groups -OCH3 is 1. The molecule has 0 spiro atoms. The number of hydrogen-bond acceptors (Lipinski definition) is 4. The normalized spacial score (nSPS) is 11.5. The molecule has 6 nitrogen and oxygen atoms in total. The molecular formula is C12H16BrFN2O4S. The van der Waals surface area contributed by atoms with Gasteiger partial charge in [0.15, 0.2) is 0 Å². The van der Waals surface area contributed by atoms with E-state index in [-0.39, 0.29) is 10.0 Å². The Morgan fingerprint density at radius 2 is 2.10 bits per heavy atom. The average Bonchev–Trinajstić information content (AvgIpc) is 2.39. The molecule has 2 N–H and O–H groups in total. The maximum Gasteiger partial charge on any atom is 0.254 e. The van der Waals surface area contributed by atoms with Crippen LogP contribution in [0.1, 0.15) is 16.8 Å². The van der Waals surface area contributed by atoms with Gasteiger partial charge in [0.1, 0.15) is 5.82 Å². The van der Waals surface area contributed by atoms with E-state index in [4.69, 9.17) is 9.88 Å². The predicted octanol–water partition coefficient (Wildman–Crippen LogP) is 1.34. The molecule has 0 bridgehead atoms. The number of rotatable bonds is 6. The molecule has 0 aliphatic heterocycles. The summed E-state index contributed by atoms with van der Waals surface area (Å²) in [4.78, 5) is 13.1. The molecule has 0 aliphatic carbocycles. The first-order valence-corrected chi connectivity index (χ1v) is 8.28. The SMILES string of the molecule is COCCCN(C)C(=O)c1cc(F)cc(S(N)(=O)=O)c1Br. The Morgan fingerprint density at radius 3 is 2.62 bits per heavy atom. The highest BCUT2D eigenvalue weighted by molar-refractivity contribution is 9.10. The van der Waals surface area contributed by atoms with Crippen LogP contribution in [-0.4, -0.2) is 46.5 Å².